The summed E-state index contributed by atoms with van der Waals surface area (Å²) in [5.41, 5.74) is 6.98. The Hall–Kier alpha value is -0.340. The van der Waals surface area contributed by atoms with Gasteiger partial charge < -0.3 is 5.73 Å². The zero-order valence-corrected chi connectivity index (χ0v) is 7.51. The van der Waals surface area contributed by atoms with Crippen molar-refractivity contribution in [1.82, 2.24) is 4.90 Å². The fraction of sp³-hybridized carbons (Fsp3) is 0.778. The molecular formula is C9H18N2. The van der Waals surface area contributed by atoms with Crippen LogP contribution in [0.15, 0.2) is 11.6 Å². The van der Waals surface area contributed by atoms with Crippen molar-refractivity contribution in [2.75, 3.05) is 20.1 Å². The molecule has 0 radical (unpaired) electrons. The number of nitrogens with zero attached hydrogens (tertiary/aromatic N) is 1. The Morgan fingerprint density at radius 1 is 1.73 bits per heavy atom. The minimum atomic E-state index is 0.721. The van der Waals surface area contributed by atoms with Gasteiger partial charge in [-0.05, 0) is 33.4 Å². The first-order valence-electron chi connectivity index (χ1n) is 4.32. The van der Waals surface area contributed by atoms with Gasteiger partial charge in [-0.1, -0.05) is 11.6 Å². The smallest absolute Gasteiger partial charge is 0.0193 e. The molecular weight excluding hydrogens is 136 g/mol. The lowest BCUT2D eigenvalue weighted by atomic mass is 10.1. The highest BCUT2D eigenvalue weighted by Gasteiger charge is 2.19. The number of likely N-dealkylation sites (N-methyl/N-ethyl adjacent to an activating group) is 1. The van der Waals surface area contributed by atoms with E-state index >= 15 is 0 Å². The molecule has 1 rings (SSSR count). The second-order valence-electron chi connectivity index (χ2n) is 3.41. The molecule has 2 heteroatoms. The monoisotopic (exact) mass is 154 g/mol. The molecule has 11 heavy (non-hydrogen) atoms. The van der Waals surface area contributed by atoms with Crippen LogP contribution in [0.4, 0.5) is 0 Å². The fourth-order valence-electron chi connectivity index (χ4n) is 1.51. The highest BCUT2D eigenvalue weighted by molar-refractivity contribution is 5.11. The van der Waals surface area contributed by atoms with Crippen molar-refractivity contribution in [2.45, 2.75) is 25.8 Å². The van der Waals surface area contributed by atoms with Gasteiger partial charge in [-0.15, -0.1) is 0 Å². The predicted molar refractivity (Wildman–Crippen MR) is 48.5 cm³/mol. The van der Waals surface area contributed by atoms with Crippen molar-refractivity contribution in [3.05, 3.63) is 11.6 Å². The minimum Gasteiger partial charge on any atom is -0.330 e. The Morgan fingerprint density at radius 2 is 2.45 bits per heavy atom. The van der Waals surface area contributed by atoms with Crippen molar-refractivity contribution in [3.63, 3.8) is 0 Å². The molecule has 1 saturated heterocycles. The summed E-state index contributed by atoms with van der Waals surface area (Å²) in [5, 5.41) is 0. The van der Waals surface area contributed by atoms with Crippen LogP contribution in [0.1, 0.15) is 19.8 Å². The van der Waals surface area contributed by atoms with E-state index < -0.39 is 0 Å². The van der Waals surface area contributed by atoms with Crippen LogP contribution < -0.4 is 5.73 Å². The topological polar surface area (TPSA) is 29.3 Å². The average molecular weight is 154 g/mol. The minimum absolute atomic E-state index is 0.721. The van der Waals surface area contributed by atoms with E-state index in [2.05, 4.69) is 24.9 Å². The fourth-order valence-corrected chi connectivity index (χ4v) is 1.51. The standard InChI is InChI=1S/C9H18N2/c1-8-6-9(4-3-5-10)7-11(8)2/h4,8H,3,5-7,10H2,1-2H3. The van der Waals surface area contributed by atoms with Crippen LogP contribution in [-0.4, -0.2) is 31.1 Å². The van der Waals surface area contributed by atoms with Gasteiger partial charge in [0.15, 0.2) is 0 Å². The number of rotatable bonds is 2. The molecule has 0 aromatic rings. The van der Waals surface area contributed by atoms with Crippen molar-refractivity contribution in [3.8, 4) is 0 Å². The first-order chi connectivity index (χ1) is 5.24. The second kappa shape index (κ2) is 3.88. The normalized spacial score (nSPS) is 30.1. The lowest BCUT2D eigenvalue weighted by molar-refractivity contribution is 0.332. The van der Waals surface area contributed by atoms with Crippen LogP contribution in [0.25, 0.3) is 0 Å². The first-order valence-corrected chi connectivity index (χ1v) is 4.32. The molecule has 0 aliphatic carbocycles. The molecule has 1 heterocycles. The van der Waals surface area contributed by atoms with Gasteiger partial charge in [0.25, 0.3) is 0 Å². The molecule has 0 spiro atoms. The third-order valence-electron chi connectivity index (χ3n) is 2.36. The number of hydrogen-bond donors (Lipinski definition) is 1. The van der Waals surface area contributed by atoms with E-state index in [0.717, 1.165) is 25.6 Å². The SMILES string of the molecule is CC1CC(=CCCN)CN1C. The summed E-state index contributed by atoms with van der Waals surface area (Å²) in [6, 6.07) is 0.721. The van der Waals surface area contributed by atoms with E-state index in [4.69, 9.17) is 5.73 Å². The molecule has 1 atom stereocenters. The Balaban J connectivity index is 2.39. The lowest BCUT2D eigenvalue weighted by Gasteiger charge is -2.11. The van der Waals surface area contributed by atoms with Crippen molar-refractivity contribution in [2.24, 2.45) is 5.73 Å². The molecule has 0 bridgehead atoms. The van der Waals surface area contributed by atoms with Crippen LogP contribution in [0.3, 0.4) is 0 Å². The van der Waals surface area contributed by atoms with Crippen LogP contribution in [0, 0.1) is 0 Å². The molecule has 2 nitrogen and oxygen atoms in total. The third-order valence-corrected chi connectivity index (χ3v) is 2.36. The molecule has 0 amide bonds. The Bertz CT molecular complexity index is 140. The molecule has 0 aromatic heterocycles. The molecule has 0 saturated carbocycles. The number of hydrogen-bond acceptors (Lipinski definition) is 2. The second-order valence-corrected chi connectivity index (χ2v) is 3.41. The highest BCUT2D eigenvalue weighted by atomic mass is 15.1. The maximum atomic E-state index is 5.42. The Labute approximate surface area is 69.1 Å². The van der Waals surface area contributed by atoms with E-state index in [1.807, 2.05) is 0 Å². The first kappa shape index (κ1) is 8.75. The summed E-state index contributed by atoms with van der Waals surface area (Å²) in [7, 11) is 2.17. The number of likely N-dealkylation sites (tertiary alicyclic amines) is 1. The zero-order valence-electron chi connectivity index (χ0n) is 7.51. The Kier molecular flexibility index (Phi) is 3.09. The summed E-state index contributed by atoms with van der Waals surface area (Å²) in [5.74, 6) is 0. The van der Waals surface area contributed by atoms with Gasteiger partial charge in [0.1, 0.15) is 0 Å². The van der Waals surface area contributed by atoms with Crippen LogP contribution in [0.2, 0.25) is 0 Å². The van der Waals surface area contributed by atoms with Gasteiger partial charge in [0.2, 0.25) is 0 Å². The Morgan fingerprint density at radius 3 is 2.91 bits per heavy atom. The predicted octanol–water partition coefficient (Wildman–Crippen LogP) is 0.986. The zero-order chi connectivity index (χ0) is 8.27. The molecule has 1 aliphatic rings. The summed E-state index contributed by atoms with van der Waals surface area (Å²) in [6.45, 7) is 4.19. The third kappa shape index (κ3) is 2.31. The van der Waals surface area contributed by atoms with Gasteiger partial charge in [0.05, 0.1) is 0 Å². The molecule has 1 unspecified atom stereocenters. The summed E-state index contributed by atoms with van der Waals surface area (Å²) in [4.78, 5) is 2.38. The number of nitrogens with two attached hydrogens (primary N) is 1. The van der Waals surface area contributed by atoms with Gasteiger partial charge in [-0.2, -0.15) is 0 Å². The average Bonchev–Trinajstić information content (AvgIpc) is 2.28. The largest absolute Gasteiger partial charge is 0.330 e. The van der Waals surface area contributed by atoms with E-state index in [0.29, 0.717) is 0 Å². The summed E-state index contributed by atoms with van der Waals surface area (Å²) >= 11 is 0. The maximum absolute atomic E-state index is 5.42. The van der Waals surface area contributed by atoms with Crippen LogP contribution in [0.5, 0.6) is 0 Å². The van der Waals surface area contributed by atoms with Crippen molar-refractivity contribution < 1.29 is 0 Å². The van der Waals surface area contributed by atoms with Crippen molar-refractivity contribution >= 4 is 0 Å². The molecule has 1 fully saturated rings. The summed E-state index contributed by atoms with van der Waals surface area (Å²) < 4.78 is 0. The van der Waals surface area contributed by atoms with Gasteiger partial charge in [-0.25, -0.2) is 0 Å². The van der Waals surface area contributed by atoms with E-state index in [1.165, 1.54) is 6.42 Å². The van der Waals surface area contributed by atoms with Gasteiger partial charge >= 0.3 is 0 Å². The van der Waals surface area contributed by atoms with Crippen LogP contribution >= 0.6 is 0 Å². The van der Waals surface area contributed by atoms with E-state index in [9.17, 15) is 0 Å². The lowest BCUT2D eigenvalue weighted by Crippen LogP contribution is -2.20. The van der Waals surface area contributed by atoms with Crippen molar-refractivity contribution in [1.29, 1.82) is 0 Å². The van der Waals surface area contributed by atoms with E-state index in [1.54, 1.807) is 5.57 Å². The maximum Gasteiger partial charge on any atom is 0.0193 e. The van der Waals surface area contributed by atoms with E-state index in [-0.39, 0.29) is 0 Å². The van der Waals surface area contributed by atoms with Gasteiger partial charge in [-0.3, -0.25) is 4.90 Å². The quantitative estimate of drug-likeness (QED) is 0.601. The molecule has 2 N–H and O–H groups in total. The van der Waals surface area contributed by atoms with Gasteiger partial charge in [0, 0.05) is 12.6 Å². The van der Waals surface area contributed by atoms with Crippen LogP contribution in [-0.2, 0) is 0 Å². The molecule has 64 valence electrons. The molecule has 0 aromatic carbocycles. The molecule has 1 aliphatic heterocycles. The summed E-state index contributed by atoms with van der Waals surface area (Å²) in [6.07, 6.45) is 4.56. The highest BCUT2D eigenvalue weighted by Crippen LogP contribution is 2.19.